The van der Waals surface area contributed by atoms with Gasteiger partial charge in [-0.05, 0) is 61.4 Å². The SMILES string of the molecule is COc1ccc(Cl)c(/C(O)=C2\C(=O)C(=O)N(c3ccc(N4CCCC4)cc3)C2c2ccccc2F)c1. The smallest absolute Gasteiger partial charge is 0.300 e. The molecule has 2 aliphatic rings. The fourth-order valence-corrected chi connectivity index (χ4v) is 5.05. The standard InChI is InChI=1S/C28H24ClFN2O4/c1-36-19-12-13-22(29)21(16-19)26(33)24-25(20-6-2-3-7-23(20)30)32(28(35)27(24)34)18-10-8-17(9-11-18)31-14-4-5-15-31/h2-3,6-13,16,25,33H,4-5,14-15H2,1H3/b26-24+. The number of amides is 1. The van der Waals surface area contributed by atoms with Crippen LogP contribution < -0.4 is 14.5 Å². The summed E-state index contributed by atoms with van der Waals surface area (Å²) < 4.78 is 20.3. The van der Waals surface area contributed by atoms with Gasteiger partial charge in [-0.15, -0.1) is 0 Å². The number of aliphatic hydroxyl groups excluding tert-OH is 1. The van der Waals surface area contributed by atoms with E-state index < -0.39 is 29.3 Å². The van der Waals surface area contributed by atoms with E-state index >= 15 is 4.39 Å². The molecule has 0 spiro atoms. The van der Waals surface area contributed by atoms with Crippen LogP contribution in [0.2, 0.25) is 5.02 Å². The molecule has 0 bridgehead atoms. The lowest BCUT2D eigenvalue weighted by molar-refractivity contribution is -0.132. The molecule has 3 aromatic carbocycles. The van der Waals surface area contributed by atoms with E-state index in [-0.39, 0.29) is 21.7 Å². The van der Waals surface area contributed by atoms with Gasteiger partial charge in [-0.3, -0.25) is 14.5 Å². The van der Waals surface area contributed by atoms with Crippen molar-refractivity contribution in [1.29, 1.82) is 0 Å². The van der Waals surface area contributed by atoms with Crippen LogP contribution in [0.25, 0.3) is 5.76 Å². The average Bonchev–Trinajstić information content (AvgIpc) is 3.52. The molecule has 2 aliphatic heterocycles. The molecule has 0 aromatic heterocycles. The highest BCUT2D eigenvalue weighted by Crippen LogP contribution is 2.44. The van der Waals surface area contributed by atoms with E-state index in [2.05, 4.69) is 4.90 Å². The van der Waals surface area contributed by atoms with Gasteiger partial charge < -0.3 is 14.7 Å². The van der Waals surface area contributed by atoms with Crippen molar-refractivity contribution in [3.63, 3.8) is 0 Å². The van der Waals surface area contributed by atoms with Gasteiger partial charge in [0.15, 0.2) is 0 Å². The topological polar surface area (TPSA) is 70.1 Å². The third kappa shape index (κ3) is 4.09. The highest BCUT2D eigenvalue weighted by Gasteiger charge is 2.48. The van der Waals surface area contributed by atoms with Crippen LogP contribution in [-0.2, 0) is 9.59 Å². The van der Waals surface area contributed by atoms with E-state index in [1.54, 1.807) is 24.3 Å². The van der Waals surface area contributed by atoms with E-state index in [1.807, 2.05) is 12.1 Å². The molecule has 36 heavy (non-hydrogen) atoms. The molecule has 0 radical (unpaired) electrons. The van der Waals surface area contributed by atoms with Gasteiger partial charge in [0, 0.05) is 35.6 Å². The number of hydrogen-bond acceptors (Lipinski definition) is 5. The van der Waals surface area contributed by atoms with Crippen LogP contribution in [0.4, 0.5) is 15.8 Å². The zero-order valence-corrected chi connectivity index (χ0v) is 20.3. The van der Waals surface area contributed by atoms with Crippen molar-refractivity contribution in [3.8, 4) is 5.75 Å². The molecule has 1 N–H and O–H groups in total. The van der Waals surface area contributed by atoms with E-state index in [4.69, 9.17) is 16.3 Å². The first-order valence-electron chi connectivity index (χ1n) is 11.6. The Labute approximate surface area is 213 Å². The number of benzene rings is 3. The van der Waals surface area contributed by atoms with Crippen molar-refractivity contribution >= 4 is 40.4 Å². The molecular weight excluding hydrogens is 483 g/mol. The minimum atomic E-state index is -1.19. The number of anilines is 2. The number of ketones is 1. The van der Waals surface area contributed by atoms with Gasteiger partial charge in [0.1, 0.15) is 17.3 Å². The largest absolute Gasteiger partial charge is 0.507 e. The van der Waals surface area contributed by atoms with Gasteiger partial charge in [-0.1, -0.05) is 29.8 Å². The van der Waals surface area contributed by atoms with Gasteiger partial charge in [0.2, 0.25) is 0 Å². The number of nitrogens with zero attached hydrogens (tertiary/aromatic N) is 2. The van der Waals surface area contributed by atoms with Crippen molar-refractivity contribution in [2.75, 3.05) is 30.0 Å². The number of ether oxygens (including phenoxy) is 1. The fraction of sp³-hybridized carbons (Fsp3) is 0.214. The average molecular weight is 507 g/mol. The second kappa shape index (κ2) is 9.66. The Morgan fingerprint density at radius 2 is 1.67 bits per heavy atom. The summed E-state index contributed by atoms with van der Waals surface area (Å²) in [6, 6.07) is 16.5. The van der Waals surface area contributed by atoms with Crippen molar-refractivity contribution < 1.29 is 23.8 Å². The second-order valence-electron chi connectivity index (χ2n) is 8.75. The molecule has 8 heteroatoms. The van der Waals surface area contributed by atoms with Crippen molar-refractivity contribution in [3.05, 3.63) is 94.3 Å². The lowest BCUT2D eigenvalue weighted by Crippen LogP contribution is -2.30. The Hall–Kier alpha value is -3.84. The highest BCUT2D eigenvalue weighted by molar-refractivity contribution is 6.52. The lowest BCUT2D eigenvalue weighted by Gasteiger charge is -2.26. The third-order valence-electron chi connectivity index (χ3n) is 6.67. The summed E-state index contributed by atoms with van der Waals surface area (Å²) in [6.07, 6.45) is 2.24. The van der Waals surface area contributed by atoms with Crippen LogP contribution in [0.3, 0.4) is 0 Å². The maximum absolute atomic E-state index is 15.1. The molecule has 1 atom stereocenters. The molecule has 0 aliphatic carbocycles. The van der Waals surface area contributed by atoms with Crippen LogP contribution >= 0.6 is 11.6 Å². The molecule has 2 heterocycles. The monoisotopic (exact) mass is 506 g/mol. The molecule has 1 amide bonds. The summed E-state index contributed by atoms with van der Waals surface area (Å²) in [6.45, 7) is 1.92. The number of Topliss-reactive ketones (excluding diaryl/α,β-unsaturated/α-hetero) is 1. The van der Waals surface area contributed by atoms with E-state index in [1.165, 1.54) is 42.3 Å². The zero-order chi connectivity index (χ0) is 25.4. The number of rotatable bonds is 5. The minimum absolute atomic E-state index is 0.0842. The molecule has 184 valence electrons. The highest BCUT2D eigenvalue weighted by atomic mass is 35.5. The summed E-state index contributed by atoms with van der Waals surface area (Å²) >= 11 is 6.33. The van der Waals surface area contributed by atoms with E-state index in [0.29, 0.717) is 11.4 Å². The number of methoxy groups -OCH3 is 1. The van der Waals surface area contributed by atoms with Crippen molar-refractivity contribution in [2.24, 2.45) is 0 Å². The van der Waals surface area contributed by atoms with E-state index in [0.717, 1.165) is 31.6 Å². The predicted molar refractivity (Wildman–Crippen MR) is 137 cm³/mol. The molecular formula is C28H24ClFN2O4. The van der Waals surface area contributed by atoms with Gasteiger partial charge in [0.25, 0.3) is 11.7 Å². The Morgan fingerprint density at radius 3 is 2.33 bits per heavy atom. The quantitative estimate of drug-likeness (QED) is 0.272. The number of hydrogen-bond donors (Lipinski definition) is 1. The fourth-order valence-electron chi connectivity index (χ4n) is 4.85. The minimum Gasteiger partial charge on any atom is -0.507 e. The molecule has 2 saturated heterocycles. The summed E-state index contributed by atoms with van der Waals surface area (Å²) in [5.74, 6) is -2.50. The number of aliphatic hydroxyl groups is 1. The Bertz CT molecular complexity index is 1370. The van der Waals surface area contributed by atoms with Gasteiger partial charge in [0.05, 0.1) is 23.7 Å². The predicted octanol–water partition coefficient (Wildman–Crippen LogP) is 5.71. The Balaban J connectivity index is 1.67. The normalized spacial score (nSPS) is 19.2. The molecule has 6 nitrogen and oxygen atoms in total. The van der Waals surface area contributed by atoms with E-state index in [9.17, 15) is 14.7 Å². The number of halogens is 2. The number of carbonyl (C=O) groups is 2. The van der Waals surface area contributed by atoms with Crippen LogP contribution in [0.15, 0.2) is 72.3 Å². The molecule has 5 rings (SSSR count). The zero-order valence-electron chi connectivity index (χ0n) is 19.6. The van der Waals surface area contributed by atoms with Gasteiger partial charge >= 0.3 is 0 Å². The summed E-state index contributed by atoms with van der Waals surface area (Å²) in [7, 11) is 1.46. The van der Waals surface area contributed by atoms with Crippen molar-refractivity contribution in [2.45, 2.75) is 18.9 Å². The molecule has 1 unspecified atom stereocenters. The Kier molecular flexibility index (Phi) is 6.41. The first-order valence-corrected chi connectivity index (χ1v) is 12.0. The van der Waals surface area contributed by atoms with Crippen LogP contribution in [0.1, 0.15) is 30.0 Å². The van der Waals surface area contributed by atoms with Crippen molar-refractivity contribution in [1.82, 2.24) is 0 Å². The van der Waals surface area contributed by atoms with Gasteiger partial charge in [-0.25, -0.2) is 4.39 Å². The molecule has 2 fully saturated rings. The maximum Gasteiger partial charge on any atom is 0.300 e. The Morgan fingerprint density at radius 1 is 1.00 bits per heavy atom. The lowest BCUT2D eigenvalue weighted by atomic mass is 9.94. The maximum atomic E-state index is 15.1. The molecule has 3 aromatic rings. The summed E-state index contributed by atoms with van der Waals surface area (Å²) in [5, 5.41) is 11.4. The number of carbonyl (C=O) groups excluding carboxylic acids is 2. The third-order valence-corrected chi connectivity index (χ3v) is 7.00. The summed E-state index contributed by atoms with van der Waals surface area (Å²) in [4.78, 5) is 30.1. The van der Waals surface area contributed by atoms with Gasteiger partial charge in [-0.2, -0.15) is 0 Å². The first-order chi connectivity index (χ1) is 17.4. The first kappa shape index (κ1) is 23.9. The van der Waals surface area contributed by atoms with Crippen LogP contribution in [-0.4, -0.2) is 37.0 Å². The second-order valence-corrected chi connectivity index (χ2v) is 9.15. The van der Waals surface area contributed by atoms with Crippen LogP contribution in [0.5, 0.6) is 5.75 Å². The molecule has 0 saturated carbocycles. The van der Waals surface area contributed by atoms with Crippen LogP contribution in [0, 0.1) is 5.82 Å². The summed E-state index contributed by atoms with van der Waals surface area (Å²) in [5.41, 5.74) is 1.38.